The van der Waals surface area contributed by atoms with Crippen molar-refractivity contribution in [3.05, 3.63) is 115 Å². The number of hydrogen-bond donors (Lipinski definition) is 0. The molecule has 4 aromatic carbocycles. The second-order valence-corrected chi connectivity index (χ2v) is 11.6. The van der Waals surface area contributed by atoms with Gasteiger partial charge in [-0.05, 0) is 58.3 Å². The summed E-state index contributed by atoms with van der Waals surface area (Å²) in [6, 6.07) is 34.5. The van der Waals surface area contributed by atoms with Crippen molar-refractivity contribution in [3.63, 3.8) is 0 Å². The summed E-state index contributed by atoms with van der Waals surface area (Å²) in [5, 5.41) is 0. The Bertz CT molecular complexity index is 1160. The molecule has 0 saturated carbocycles. The number of rotatable bonds is 6. The Hall–Kier alpha value is -3.16. The molecular weight excluding hydrogens is 465 g/mol. The molecule has 0 amide bonds. The molecule has 0 aromatic heterocycles. The topological polar surface area (TPSA) is 26.3 Å². The van der Waals surface area contributed by atoms with E-state index in [-0.39, 0.29) is 0 Å². The van der Waals surface area contributed by atoms with E-state index in [9.17, 15) is 18.0 Å². The van der Waals surface area contributed by atoms with Crippen LogP contribution < -0.4 is 0 Å². The summed E-state index contributed by atoms with van der Waals surface area (Å²) in [4.78, 5) is 13.8. The molecule has 2 nitrogen and oxygen atoms in total. The number of hydrogen-bond acceptors (Lipinski definition) is 3. The summed E-state index contributed by atoms with van der Waals surface area (Å²) in [5.41, 5.74) is 2.01. The molecule has 0 unspecified atom stereocenters. The Balaban J connectivity index is 1.80. The highest BCUT2D eigenvalue weighted by Gasteiger charge is 2.47. The van der Waals surface area contributed by atoms with Gasteiger partial charge in [0.05, 0.1) is 0 Å². The standard InChI is InChI=1S/C26H19F3O2S2/c27-26(28,29)25(30)31-33(23-12-6-2-7-13-23,24-14-8-3-9-15-24)32-22-18-16-21(17-19-22)20-10-4-1-5-11-20/h1-19H. The second kappa shape index (κ2) is 9.77. The van der Waals surface area contributed by atoms with Gasteiger partial charge in [0.15, 0.2) is 0 Å². The van der Waals surface area contributed by atoms with Gasteiger partial charge < -0.3 is 4.18 Å². The highest BCUT2D eigenvalue weighted by atomic mass is 33.2. The van der Waals surface area contributed by atoms with Gasteiger partial charge in [0.25, 0.3) is 0 Å². The lowest BCUT2D eigenvalue weighted by atomic mass is 10.1. The molecule has 4 aromatic rings. The monoisotopic (exact) mass is 484 g/mol. The SMILES string of the molecule is O=C(OS(Sc1ccc(-c2ccccc2)cc1)(c1ccccc1)c1ccccc1)C(F)(F)F. The fourth-order valence-electron chi connectivity index (χ4n) is 3.17. The van der Waals surface area contributed by atoms with Gasteiger partial charge in [-0.1, -0.05) is 78.9 Å². The number of halogens is 3. The summed E-state index contributed by atoms with van der Waals surface area (Å²) in [6.45, 7) is 0. The van der Waals surface area contributed by atoms with Crippen molar-refractivity contribution < 1.29 is 22.1 Å². The highest BCUT2D eigenvalue weighted by Crippen LogP contribution is 2.74. The lowest BCUT2D eigenvalue weighted by molar-refractivity contribution is -0.188. The van der Waals surface area contributed by atoms with Gasteiger partial charge >= 0.3 is 12.1 Å². The third kappa shape index (κ3) is 5.26. The molecule has 168 valence electrons. The quantitative estimate of drug-likeness (QED) is 0.258. The van der Waals surface area contributed by atoms with Gasteiger partial charge in [-0.25, -0.2) is 4.79 Å². The molecule has 0 aliphatic rings. The van der Waals surface area contributed by atoms with Crippen LogP contribution in [0.3, 0.4) is 0 Å². The first-order chi connectivity index (χ1) is 15.9. The Morgan fingerprint density at radius 1 is 0.636 bits per heavy atom. The number of alkyl halides is 3. The number of carbonyl (C=O) groups excluding carboxylic acids is 1. The minimum absolute atomic E-state index is 0.505. The summed E-state index contributed by atoms with van der Waals surface area (Å²) in [7, 11) is -1.79. The first-order valence-electron chi connectivity index (χ1n) is 9.97. The fraction of sp³-hybridized carbons (Fsp3) is 0.0385. The summed E-state index contributed by atoms with van der Waals surface area (Å²) in [6.07, 6.45) is -5.11. The Kier molecular flexibility index (Phi) is 6.81. The Morgan fingerprint density at radius 2 is 1.06 bits per heavy atom. The molecule has 7 heteroatoms. The van der Waals surface area contributed by atoms with E-state index in [1.807, 2.05) is 54.6 Å². The van der Waals surface area contributed by atoms with Gasteiger partial charge in [-0.3, -0.25) is 0 Å². The van der Waals surface area contributed by atoms with E-state index < -0.39 is 21.5 Å². The molecule has 0 aliphatic carbocycles. The van der Waals surface area contributed by atoms with Crippen molar-refractivity contribution in [2.45, 2.75) is 20.9 Å². The summed E-state index contributed by atoms with van der Waals surface area (Å²) in [5.74, 6) is -2.21. The first kappa shape index (κ1) is 23.0. The van der Waals surface area contributed by atoms with Gasteiger partial charge in [0, 0.05) is 24.0 Å². The lowest BCUT2D eigenvalue weighted by Gasteiger charge is -2.38. The number of carbonyl (C=O) groups is 1. The maximum atomic E-state index is 13.3. The maximum Gasteiger partial charge on any atom is 0.492 e. The van der Waals surface area contributed by atoms with Gasteiger partial charge in [0.2, 0.25) is 0 Å². The normalized spacial score (nSPS) is 12.2. The highest BCUT2D eigenvalue weighted by molar-refractivity contribution is 8.92. The van der Waals surface area contributed by atoms with Crippen LogP contribution in [0.5, 0.6) is 0 Å². The van der Waals surface area contributed by atoms with Crippen LogP contribution in [0.4, 0.5) is 13.2 Å². The van der Waals surface area contributed by atoms with Crippen molar-refractivity contribution in [2.24, 2.45) is 0 Å². The van der Waals surface area contributed by atoms with E-state index in [1.54, 1.807) is 60.7 Å². The van der Waals surface area contributed by atoms with Crippen LogP contribution >= 0.6 is 20.1 Å². The van der Waals surface area contributed by atoms with Crippen LogP contribution in [-0.2, 0) is 8.98 Å². The average Bonchev–Trinajstić information content (AvgIpc) is 2.85. The molecule has 0 spiro atoms. The molecule has 4 rings (SSSR count). The lowest BCUT2D eigenvalue weighted by Crippen LogP contribution is -2.26. The van der Waals surface area contributed by atoms with Crippen LogP contribution in [-0.4, -0.2) is 12.1 Å². The summed E-state index contributed by atoms with van der Waals surface area (Å²) < 4.78 is 45.3. The third-order valence-corrected chi connectivity index (χ3v) is 10.2. The molecule has 0 saturated heterocycles. The molecule has 33 heavy (non-hydrogen) atoms. The third-order valence-electron chi connectivity index (χ3n) is 4.71. The van der Waals surface area contributed by atoms with Gasteiger partial charge in [-0.2, -0.15) is 13.2 Å². The molecular formula is C26H19F3O2S2. The summed E-state index contributed by atoms with van der Waals surface area (Å²) >= 11 is 0. The Morgan fingerprint density at radius 3 is 1.52 bits per heavy atom. The fourth-order valence-corrected chi connectivity index (χ4v) is 8.39. The minimum atomic E-state index is -5.11. The van der Waals surface area contributed by atoms with Crippen molar-refractivity contribution in [1.82, 2.24) is 0 Å². The second-order valence-electron chi connectivity index (χ2n) is 6.97. The van der Waals surface area contributed by atoms with Gasteiger partial charge in [-0.15, -0.1) is 0 Å². The minimum Gasteiger partial charge on any atom is -0.389 e. The van der Waals surface area contributed by atoms with Crippen molar-refractivity contribution >= 4 is 26.1 Å². The molecule has 0 aliphatic heterocycles. The smallest absolute Gasteiger partial charge is 0.389 e. The van der Waals surface area contributed by atoms with E-state index in [0.717, 1.165) is 21.9 Å². The van der Waals surface area contributed by atoms with Crippen LogP contribution in [0, 0.1) is 0 Å². The zero-order chi connectivity index (χ0) is 23.3. The first-order valence-corrected chi connectivity index (χ1v) is 12.9. The van der Waals surface area contributed by atoms with Crippen molar-refractivity contribution in [1.29, 1.82) is 0 Å². The largest absolute Gasteiger partial charge is 0.492 e. The van der Waals surface area contributed by atoms with Crippen LogP contribution in [0.15, 0.2) is 130 Å². The van der Waals surface area contributed by atoms with E-state index in [2.05, 4.69) is 0 Å². The van der Waals surface area contributed by atoms with Gasteiger partial charge in [0.1, 0.15) is 0 Å². The van der Waals surface area contributed by atoms with Crippen LogP contribution in [0.1, 0.15) is 0 Å². The molecule has 0 N–H and O–H groups in total. The average molecular weight is 485 g/mol. The molecule has 0 radical (unpaired) electrons. The van der Waals surface area contributed by atoms with Crippen LogP contribution in [0.2, 0.25) is 0 Å². The zero-order valence-corrected chi connectivity index (χ0v) is 18.9. The van der Waals surface area contributed by atoms with E-state index in [1.165, 1.54) is 0 Å². The van der Waals surface area contributed by atoms with E-state index in [4.69, 9.17) is 4.18 Å². The predicted molar refractivity (Wildman–Crippen MR) is 127 cm³/mol. The molecule has 0 atom stereocenters. The predicted octanol–water partition coefficient (Wildman–Crippen LogP) is 8.30. The van der Waals surface area contributed by atoms with E-state index >= 15 is 0 Å². The molecule has 0 bridgehead atoms. The maximum absolute atomic E-state index is 13.3. The zero-order valence-electron chi connectivity index (χ0n) is 17.2. The van der Waals surface area contributed by atoms with Crippen LogP contribution in [0.25, 0.3) is 11.1 Å². The van der Waals surface area contributed by atoms with E-state index in [0.29, 0.717) is 14.7 Å². The molecule has 0 heterocycles. The number of benzene rings is 4. The van der Waals surface area contributed by atoms with Crippen molar-refractivity contribution in [3.8, 4) is 11.1 Å². The molecule has 0 fully saturated rings. The van der Waals surface area contributed by atoms with Crippen molar-refractivity contribution in [2.75, 3.05) is 0 Å². The Labute approximate surface area is 195 Å².